The lowest BCUT2D eigenvalue weighted by Crippen LogP contribution is -2.54. The lowest BCUT2D eigenvalue weighted by molar-refractivity contribution is -0.135. The molecule has 0 radical (unpaired) electrons. The molecule has 0 bridgehead atoms. The topological polar surface area (TPSA) is 61.9 Å². The van der Waals surface area contributed by atoms with Crippen molar-refractivity contribution in [3.8, 4) is 0 Å². The van der Waals surface area contributed by atoms with E-state index in [1.807, 2.05) is 23.1 Å². The Morgan fingerprint density at radius 2 is 2.00 bits per heavy atom. The molecule has 1 atom stereocenters. The molecule has 1 saturated heterocycles. The Morgan fingerprint density at radius 3 is 2.65 bits per heavy atom. The minimum atomic E-state index is -0.501. The lowest BCUT2D eigenvalue weighted by atomic mass is 10.1. The molecule has 1 N–H and O–H groups in total. The molecule has 1 aromatic rings. The van der Waals surface area contributed by atoms with Crippen molar-refractivity contribution in [1.82, 2.24) is 15.1 Å². The quantitative estimate of drug-likeness (QED) is 0.893. The van der Waals surface area contributed by atoms with Crippen LogP contribution in [0.1, 0.15) is 18.9 Å². The van der Waals surface area contributed by atoms with E-state index in [1.165, 1.54) is 12.7 Å². The van der Waals surface area contributed by atoms with Gasteiger partial charge in [-0.3, -0.25) is 9.69 Å². The van der Waals surface area contributed by atoms with Gasteiger partial charge in [0.1, 0.15) is 0 Å². The van der Waals surface area contributed by atoms with Gasteiger partial charge in [0.15, 0.2) is 0 Å². The fraction of sp³-hybridized carbons (Fsp3) is 0.529. The normalized spacial score (nSPS) is 18.5. The molecule has 1 aliphatic heterocycles. The summed E-state index contributed by atoms with van der Waals surface area (Å²) in [4.78, 5) is 27.5. The van der Waals surface area contributed by atoms with E-state index in [0.717, 1.165) is 26.2 Å². The average molecular weight is 319 g/mol. The Kier molecular flexibility index (Phi) is 6.40. The third kappa shape index (κ3) is 5.25. The summed E-state index contributed by atoms with van der Waals surface area (Å²) in [6.45, 7) is 5.76. The van der Waals surface area contributed by atoms with Crippen molar-refractivity contribution in [1.29, 1.82) is 0 Å². The Labute approximate surface area is 137 Å². The van der Waals surface area contributed by atoms with Crippen LogP contribution in [-0.4, -0.2) is 61.1 Å². The maximum atomic E-state index is 12.3. The van der Waals surface area contributed by atoms with Crippen LogP contribution in [0.4, 0.5) is 4.79 Å². The number of methoxy groups -OCH3 is 1. The van der Waals surface area contributed by atoms with E-state index in [2.05, 4.69) is 34.0 Å². The van der Waals surface area contributed by atoms with Crippen LogP contribution in [-0.2, 0) is 16.1 Å². The first-order valence-electron chi connectivity index (χ1n) is 7.97. The number of benzene rings is 1. The number of carbonyl (C=O) groups is 2. The second kappa shape index (κ2) is 8.53. The number of amides is 2. The van der Waals surface area contributed by atoms with Crippen LogP contribution in [0.25, 0.3) is 0 Å². The van der Waals surface area contributed by atoms with Crippen LogP contribution in [0.5, 0.6) is 0 Å². The highest BCUT2D eigenvalue weighted by Crippen LogP contribution is 2.14. The van der Waals surface area contributed by atoms with Gasteiger partial charge >= 0.3 is 6.09 Å². The first-order chi connectivity index (χ1) is 11.1. The number of piperazine rings is 1. The number of nitrogens with zero attached hydrogens (tertiary/aromatic N) is 2. The van der Waals surface area contributed by atoms with Gasteiger partial charge in [-0.1, -0.05) is 30.3 Å². The summed E-state index contributed by atoms with van der Waals surface area (Å²) in [7, 11) is 1.31. The zero-order chi connectivity index (χ0) is 16.7. The lowest BCUT2D eigenvalue weighted by Gasteiger charge is -2.40. The summed E-state index contributed by atoms with van der Waals surface area (Å²) in [6, 6.07) is 10.5. The van der Waals surface area contributed by atoms with Crippen molar-refractivity contribution in [2.45, 2.75) is 25.9 Å². The maximum Gasteiger partial charge on any atom is 0.406 e. The van der Waals surface area contributed by atoms with Crippen molar-refractivity contribution in [3.05, 3.63) is 35.9 Å². The Bertz CT molecular complexity index is 521. The van der Waals surface area contributed by atoms with Gasteiger partial charge < -0.3 is 15.0 Å². The van der Waals surface area contributed by atoms with E-state index in [9.17, 15) is 9.59 Å². The van der Waals surface area contributed by atoms with Crippen molar-refractivity contribution in [2.24, 2.45) is 0 Å². The van der Waals surface area contributed by atoms with Gasteiger partial charge in [-0.2, -0.15) is 0 Å². The van der Waals surface area contributed by atoms with Gasteiger partial charge in [0.2, 0.25) is 5.91 Å². The third-order valence-electron chi connectivity index (χ3n) is 4.07. The summed E-state index contributed by atoms with van der Waals surface area (Å²) in [5.74, 6) is 0.0771. The number of alkyl carbamates (subject to hydrolysis) is 1. The molecule has 0 saturated carbocycles. The number of carbonyl (C=O) groups excluding carboxylic acids is 2. The van der Waals surface area contributed by atoms with Crippen molar-refractivity contribution in [2.75, 3.05) is 33.3 Å². The van der Waals surface area contributed by atoms with Gasteiger partial charge in [-0.15, -0.1) is 0 Å². The molecule has 1 fully saturated rings. The molecule has 126 valence electrons. The van der Waals surface area contributed by atoms with E-state index >= 15 is 0 Å². The van der Waals surface area contributed by atoms with Gasteiger partial charge in [-0.25, -0.2) is 4.79 Å². The summed E-state index contributed by atoms with van der Waals surface area (Å²) in [6.07, 6.45) is -0.198. The number of rotatable bonds is 5. The summed E-state index contributed by atoms with van der Waals surface area (Å²) in [5.41, 5.74) is 1.29. The highest BCUT2D eigenvalue weighted by atomic mass is 16.5. The van der Waals surface area contributed by atoms with Gasteiger partial charge in [0.05, 0.1) is 7.11 Å². The fourth-order valence-corrected chi connectivity index (χ4v) is 2.88. The average Bonchev–Trinajstić information content (AvgIpc) is 2.55. The van der Waals surface area contributed by atoms with E-state index < -0.39 is 6.09 Å². The third-order valence-corrected chi connectivity index (χ3v) is 4.07. The molecule has 6 nitrogen and oxygen atoms in total. The van der Waals surface area contributed by atoms with Gasteiger partial charge in [0.25, 0.3) is 0 Å². The van der Waals surface area contributed by atoms with Crippen LogP contribution >= 0.6 is 0 Å². The highest BCUT2D eigenvalue weighted by Gasteiger charge is 2.26. The minimum Gasteiger partial charge on any atom is -0.453 e. The smallest absolute Gasteiger partial charge is 0.406 e. The SMILES string of the molecule is COC(=O)NCCC(=O)N1CCN(Cc2ccccc2)C[C@H]1C. The molecule has 2 rings (SSSR count). The number of hydrogen-bond acceptors (Lipinski definition) is 4. The predicted molar refractivity (Wildman–Crippen MR) is 87.9 cm³/mol. The number of nitrogens with one attached hydrogen (secondary N) is 1. The second-order valence-electron chi connectivity index (χ2n) is 5.83. The van der Waals surface area contributed by atoms with Crippen LogP contribution in [0.3, 0.4) is 0 Å². The zero-order valence-electron chi connectivity index (χ0n) is 13.8. The molecule has 0 unspecified atom stereocenters. The molecule has 1 heterocycles. The van der Waals surface area contributed by atoms with Crippen LogP contribution < -0.4 is 5.32 Å². The molecule has 23 heavy (non-hydrogen) atoms. The molecule has 0 aromatic heterocycles. The fourth-order valence-electron chi connectivity index (χ4n) is 2.88. The second-order valence-corrected chi connectivity index (χ2v) is 5.83. The van der Waals surface area contributed by atoms with Crippen molar-refractivity contribution in [3.63, 3.8) is 0 Å². The molecule has 2 amide bonds. The first kappa shape index (κ1) is 17.3. The number of hydrogen-bond donors (Lipinski definition) is 1. The summed E-state index contributed by atoms with van der Waals surface area (Å²) >= 11 is 0. The molecule has 6 heteroatoms. The minimum absolute atomic E-state index is 0.0771. The summed E-state index contributed by atoms with van der Waals surface area (Å²) in [5, 5.41) is 2.54. The standard InChI is InChI=1S/C17H25N3O3/c1-14-12-19(13-15-6-4-3-5-7-15)10-11-20(14)16(21)8-9-18-17(22)23-2/h3-7,14H,8-13H2,1-2H3,(H,18,22)/t14-/m1/s1. The number of ether oxygens (including phenoxy) is 1. The van der Waals surface area contributed by atoms with Crippen molar-refractivity contribution < 1.29 is 14.3 Å². The molecular weight excluding hydrogens is 294 g/mol. The molecular formula is C17H25N3O3. The van der Waals surface area contributed by atoms with E-state index in [4.69, 9.17) is 0 Å². The van der Waals surface area contributed by atoms with E-state index in [-0.39, 0.29) is 11.9 Å². The van der Waals surface area contributed by atoms with E-state index in [0.29, 0.717) is 13.0 Å². The monoisotopic (exact) mass is 319 g/mol. The first-order valence-corrected chi connectivity index (χ1v) is 7.97. The predicted octanol–water partition coefficient (Wildman–Crippen LogP) is 1.47. The van der Waals surface area contributed by atoms with Crippen LogP contribution in [0.2, 0.25) is 0 Å². The Balaban J connectivity index is 1.77. The van der Waals surface area contributed by atoms with Crippen LogP contribution in [0, 0.1) is 0 Å². The van der Waals surface area contributed by atoms with Crippen LogP contribution in [0.15, 0.2) is 30.3 Å². The van der Waals surface area contributed by atoms with E-state index in [1.54, 1.807) is 0 Å². The summed E-state index contributed by atoms with van der Waals surface area (Å²) < 4.78 is 4.49. The molecule has 1 aromatic carbocycles. The Hall–Kier alpha value is -2.08. The van der Waals surface area contributed by atoms with Gasteiger partial charge in [0, 0.05) is 45.2 Å². The molecule has 1 aliphatic rings. The molecule has 0 spiro atoms. The van der Waals surface area contributed by atoms with Gasteiger partial charge in [-0.05, 0) is 12.5 Å². The zero-order valence-corrected chi connectivity index (χ0v) is 13.8. The van der Waals surface area contributed by atoms with Crippen molar-refractivity contribution >= 4 is 12.0 Å². The highest BCUT2D eigenvalue weighted by molar-refractivity contribution is 5.77. The Morgan fingerprint density at radius 1 is 1.26 bits per heavy atom. The molecule has 0 aliphatic carbocycles. The maximum absolute atomic E-state index is 12.3. The largest absolute Gasteiger partial charge is 0.453 e.